The van der Waals surface area contributed by atoms with Crippen molar-refractivity contribution >= 4 is 21.6 Å². The molecule has 3 rings (SSSR count). The number of hydrogen-bond donors (Lipinski definition) is 2. The molecule has 0 aromatic heterocycles. The highest BCUT2D eigenvalue weighted by Crippen LogP contribution is 2.32. The van der Waals surface area contributed by atoms with Crippen LogP contribution in [0.25, 0.3) is 0 Å². The lowest BCUT2D eigenvalue weighted by Gasteiger charge is -2.32. The van der Waals surface area contributed by atoms with Crippen LogP contribution in [0.5, 0.6) is 0 Å². The number of carbonyl (C=O) groups excluding carboxylic acids is 1. The Morgan fingerprint density at radius 2 is 1.76 bits per heavy atom. The summed E-state index contributed by atoms with van der Waals surface area (Å²) in [5, 5.41) is 2.46. The number of piperidine rings is 1. The van der Waals surface area contributed by atoms with Crippen LogP contribution in [0.1, 0.15) is 41.3 Å². The van der Waals surface area contributed by atoms with Gasteiger partial charge in [0.05, 0.1) is 16.0 Å². The lowest BCUT2D eigenvalue weighted by atomic mass is 9.91. The third-order valence-electron chi connectivity index (χ3n) is 6.04. The van der Waals surface area contributed by atoms with Crippen molar-refractivity contribution in [3.05, 3.63) is 59.2 Å². The molecule has 2 aromatic carbocycles. The van der Waals surface area contributed by atoms with E-state index < -0.39 is 33.2 Å². The minimum absolute atomic E-state index is 0.0356. The van der Waals surface area contributed by atoms with Gasteiger partial charge in [-0.2, -0.15) is 13.2 Å². The molecule has 0 saturated carbocycles. The molecule has 10 heteroatoms. The van der Waals surface area contributed by atoms with E-state index in [1.54, 1.807) is 6.92 Å². The second kappa shape index (κ2) is 9.82. The highest BCUT2D eigenvalue weighted by molar-refractivity contribution is 7.89. The number of aryl methyl sites for hydroxylation is 1. The Bertz CT molecular complexity index is 1110. The molecule has 2 aromatic rings. The maximum absolute atomic E-state index is 13.2. The fraction of sp³-hybridized carbons (Fsp3) is 0.435. The van der Waals surface area contributed by atoms with E-state index in [4.69, 9.17) is 0 Å². The van der Waals surface area contributed by atoms with Crippen LogP contribution in [-0.2, 0) is 16.2 Å². The monoisotopic (exact) mass is 483 g/mol. The third-order valence-corrected chi connectivity index (χ3v) is 7.60. The van der Waals surface area contributed by atoms with Gasteiger partial charge < -0.3 is 10.2 Å². The van der Waals surface area contributed by atoms with Crippen LogP contribution in [-0.4, -0.2) is 45.4 Å². The van der Waals surface area contributed by atoms with Crippen LogP contribution < -0.4 is 10.0 Å². The first kappa shape index (κ1) is 25.2. The minimum Gasteiger partial charge on any atom is -0.322 e. The standard InChI is InChI=1S/C23H28F3N3O3S/c1-15-14-18(33(31,32)28-16(2)17-10-12-29(3)13-11-17)8-9-21(15)27-22(30)19-6-4-5-7-20(19)23(24,25)26/h4-9,14,16-17,28H,10-13H2,1-3H3,(H,27,30)/t16-/m1/s1. The number of amides is 1. The van der Waals surface area contributed by atoms with Crippen LogP contribution in [0.15, 0.2) is 47.4 Å². The van der Waals surface area contributed by atoms with E-state index in [-0.39, 0.29) is 22.5 Å². The number of carbonyl (C=O) groups is 1. The Labute approximate surface area is 192 Å². The van der Waals surface area contributed by atoms with Gasteiger partial charge in [-0.25, -0.2) is 13.1 Å². The maximum atomic E-state index is 13.2. The molecule has 1 saturated heterocycles. The lowest BCUT2D eigenvalue weighted by Crippen LogP contribution is -2.42. The van der Waals surface area contributed by atoms with E-state index in [0.717, 1.165) is 38.1 Å². The molecule has 0 bridgehead atoms. The van der Waals surface area contributed by atoms with Gasteiger partial charge in [0.15, 0.2) is 0 Å². The zero-order valence-electron chi connectivity index (χ0n) is 18.7. The number of halogens is 3. The molecule has 1 aliphatic rings. The number of hydrogen-bond acceptors (Lipinski definition) is 4. The van der Waals surface area contributed by atoms with E-state index in [1.807, 2.05) is 14.0 Å². The average Bonchev–Trinajstić information content (AvgIpc) is 2.74. The molecule has 1 aliphatic heterocycles. The van der Waals surface area contributed by atoms with Crippen molar-refractivity contribution < 1.29 is 26.4 Å². The summed E-state index contributed by atoms with van der Waals surface area (Å²) in [5.41, 5.74) is -0.886. The summed E-state index contributed by atoms with van der Waals surface area (Å²) >= 11 is 0. The number of likely N-dealkylation sites (tertiary alicyclic amines) is 1. The smallest absolute Gasteiger partial charge is 0.322 e. The third kappa shape index (κ3) is 6.13. The number of sulfonamides is 1. The first-order chi connectivity index (χ1) is 15.4. The van der Waals surface area contributed by atoms with Gasteiger partial charge in [0.25, 0.3) is 5.91 Å². The van der Waals surface area contributed by atoms with Crippen molar-refractivity contribution in [2.45, 2.75) is 43.8 Å². The molecule has 1 fully saturated rings. The Morgan fingerprint density at radius 1 is 1.12 bits per heavy atom. The number of nitrogens with zero attached hydrogens (tertiary/aromatic N) is 1. The SMILES string of the molecule is Cc1cc(S(=O)(=O)N[C@H](C)C2CCN(C)CC2)ccc1NC(=O)c1ccccc1C(F)(F)F. The number of benzene rings is 2. The molecule has 0 unspecified atom stereocenters. The highest BCUT2D eigenvalue weighted by atomic mass is 32.2. The summed E-state index contributed by atoms with van der Waals surface area (Å²) in [4.78, 5) is 14.8. The van der Waals surface area contributed by atoms with E-state index in [9.17, 15) is 26.4 Å². The summed E-state index contributed by atoms with van der Waals surface area (Å²) in [6, 6.07) is 8.39. The van der Waals surface area contributed by atoms with Crippen LogP contribution in [0.4, 0.5) is 18.9 Å². The Hall–Kier alpha value is -2.43. The topological polar surface area (TPSA) is 78.5 Å². The molecule has 2 N–H and O–H groups in total. The molecule has 0 aliphatic carbocycles. The predicted octanol–water partition coefficient (Wildman–Crippen LogP) is 4.27. The Kier molecular flexibility index (Phi) is 7.50. The van der Waals surface area contributed by atoms with Gasteiger partial charge in [-0.05, 0) is 88.6 Å². The molecule has 1 atom stereocenters. The van der Waals surface area contributed by atoms with Gasteiger partial charge >= 0.3 is 6.18 Å². The first-order valence-corrected chi connectivity index (χ1v) is 12.2. The van der Waals surface area contributed by atoms with Gasteiger partial charge in [0, 0.05) is 11.7 Å². The van der Waals surface area contributed by atoms with E-state index in [1.165, 1.54) is 30.3 Å². The summed E-state index contributed by atoms with van der Waals surface area (Å²) in [7, 11) is -1.76. The fourth-order valence-corrected chi connectivity index (χ4v) is 5.40. The first-order valence-electron chi connectivity index (χ1n) is 10.7. The van der Waals surface area contributed by atoms with E-state index >= 15 is 0 Å². The lowest BCUT2D eigenvalue weighted by molar-refractivity contribution is -0.137. The van der Waals surface area contributed by atoms with Gasteiger partial charge in [-0.3, -0.25) is 4.79 Å². The van der Waals surface area contributed by atoms with Crippen molar-refractivity contribution in [2.75, 3.05) is 25.5 Å². The minimum atomic E-state index is -4.67. The maximum Gasteiger partial charge on any atom is 0.417 e. The van der Waals surface area contributed by atoms with Crippen LogP contribution in [0, 0.1) is 12.8 Å². The molecular formula is C23H28F3N3O3S. The second-order valence-corrected chi connectivity index (χ2v) is 10.2. The number of nitrogens with one attached hydrogen (secondary N) is 2. The fourth-order valence-electron chi connectivity index (χ4n) is 4.00. The van der Waals surface area contributed by atoms with Crippen molar-refractivity contribution in [2.24, 2.45) is 5.92 Å². The van der Waals surface area contributed by atoms with Crippen molar-refractivity contribution in [3.8, 4) is 0 Å². The normalized spacial score (nSPS) is 17.0. The molecule has 0 radical (unpaired) electrons. The highest BCUT2D eigenvalue weighted by Gasteiger charge is 2.35. The van der Waals surface area contributed by atoms with Crippen molar-refractivity contribution in [1.29, 1.82) is 0 Å². The van der Waals surface area contributed by atoms with Crippen molar-refractivity contribution in [1.82, 2.24) is 9.62 Å². The van der Waals surface area contributed by atoms with E-state index in [2.05, 4.69) is 14.9 Å². The van der Waals surface area contributed by atoms with Gasteiger partial charge in [-0.15, -0.1) is 0 Å². The molecule has 180 valence electrons. The zero-order chi connectivity index (χ0) is 24.4. The number of rotatable bonds is 6. The second-order valence-electron chi connectivity index (χ2n) is 8.52. The predicted molar refractivity (Wildman–Crippen MR) is 121 cm³/mol. The average molecular weight is 484 g/mol. The molecule has 1 heterocycles. The van der Waals surface area contributed by atoms with Crippen molar-refractivity contribution in [3.63, 3.8) is 0 Å². The summed E-state index contributed by atoms with van der Waals surface area (Å²) in [6.07, 6.45) is -2.86. The Morgan fingerprint density at radius 3 is 2.36 bits per heavy atom. The molecular weight excluding hydrogens is 455 g/mol. The summed E-state index contributed by atoms with van der Waals surface area (Å²) in [5.74, 6) is -0.681. The van der Waals surface area contributed by atoms with Crippen LogP contribution >= 0.6 is 0 Å². The van der Waals surface area contributed by atoms with Crippen LogP contribution in [0.2, 0.25) is 0 Å². The van der Waals surface area contributed by atoms with Gasteiger partial charge in [0.1, 0.15) is 0 Å². The summed E-state index contributed by atoms with van der Waals surface area (Å²) in [6.45, 7) is 5.28. The summed E-state index contributed by atoms with van der Waals surface area (Å²) < 4.78 is 68.1. The van der Waals surface area contributed by atoms with E-state index in [0.29, 0.717) is 5.56 Å². The van der Waals surface area contributed by atoms with Gasteiger partial charge in [-0.1, -0.05) is 12.1 Å². The Balaban J connectivity index is 1.74. The largest absolute Gasteiger partial charge is 0.417 e. The molecule has 0 spiro atoms. The zero-order valence-corrected chi connectivity index (χ0v) is 19.6. The number of anilines is 1. The van der Waals surface area contributed by atoms with Crippen LogP contribution in [0.3, 0.4) is 0 Å². The quantitative estimate of drug-likeness (QED) is 0.643. The molecule has 1 amide bonds. The number of alkyl halides is 3. The molecule has 6 nitrogen and oxygen atoms in total. The van der Waals surface area contributed by atoms with Gasteiger partial charge in [0.2, 0.25) is 10.0 Å². The molecule has 33 heavy (non-hydrogen) atoms.